The van der Waals surface area contributed by atoms with Gasteiger partial charge in [0.25, 0.3) is 0 Å². The van der Waals surface area contributed by atoms with E-state index in [-0.39, 0.29) is 17.9 Å². The number of aliphatic hydroxyl groups is 1. The third-order valence-electron chi connectivity index (χ3n) is 3.82. The highest BCUT2D eigenvalue weighted by Gasteiger charge is 2.22. The van der Waals surface area contributed by atoms with Crippen LogP contribution in [0.25, 0.3) is 0 Å². The van der Waals surface area contributed by atoms with Crippen molar-refractivity contribution in [2.45, 2.75) is 52.9 Å². The lowest BCUT2D eigenvalue weighted by Crippen LogP contribution is -2.19. The number of ether oxygens (including phenoxy) is 1. The van der Waals surface area contributed by atoms with Gasteiger partial charge in [-0.05, 0) is 50.1 Å². The highest BCUT2D eigenvalue weighted by molar-refractivity contribution is 5.48. The second-order valence-corrected chi connectivity index (χ2v) is 6.81. The molecule has 3 heteroatoms. The lowest BCUT2D eigenvalue weighted by molar-refractivity contribution is 0.222. The molecule has 0 saturated heterocycles. The molecule has 21 heavy (non-hydrogen) atoms. The largest absolute Gasteiger partial charge is 0.493 e. The van der Waals surface area contributed by atoms with Gasteiger partial charge in [0.1, 0.15) is 5.75 Å². The predicted octanol–water partition coefficient (Wildman–Crippen LogP) is 3.19. The minimum Gasteiger partial charge on any atom is -0.493 e. The van der Waals surface area contributed by atoms with Crippen LogP contribution in [-0.4, -0.2) is 24.9 Å². The van der Waals surface area contributed by atoms with E-state index in [2.05, 4.69) is 39.8 Å². The van der Waals surface area contributed by atoms with Crippen LogP contribution < -0.4 is 10.5 Å². The number of hydrogen-bond acceptors (Lipinski definition) is 3. The molecule has 0 aliphatic carbocycles. The summed E-state index contributed by atoms with van der Waals surface area (Å²) in [6, 6.07) is 4.42. The van der Waals surface area contributed by atoms with Crippen LogP contribution in [-0.2, 0) is 11.8 Å². The number of nitrogens with two attached hydrogens (primary N) is 1. The maximum atomic E-state index is 9.30. The van der Waals surface area contributed by atoms with Crippen LogP contribution in [0.4, 0.5) is 0 Å². The van der Waals surface area contributed by atoms with E-state index < -0.39 is 0 Å². The van der Waals surface area contributed by atoms with E-state index >= 15 is 0 Å². The van der Waals surface area contributed by atoms with E-state index in [1.807, 2.05) is 6.92 Å². The van der Waals surface area contributed by atoms with Gasteiger partial charge in [0, 0.05) is 12.2 Å². The van der Waals surface area contributed by atoms with Crippen LogP contribution in [0.2, 0.25) is 0 Å². The summed E-state index contributed by atoms with van der Waals surface area (Å²) >= 11 is 0. The average Bonchev–Trinajstić information content (AvgIpc) is 2.41. The van der Waals surface area contributed by atoms with E-state index in [1.54, 1.807) is 0 Å². The zero-order valence-electron chi connectivity index (χ0n) is 14.2. The van der Waals surface area contributed by atoms with Gasteiger partial charge in [-0.2, -0.15) is 0 Å². The van der Waals surface area contributed by atoms with Crippen molar-refractivity contribution < 1.29 is 9.84 Å². The van der Waals surface area contributed by atoms with Crippen LogP contribution in [0.1, 0.15) is 50.8 Å². The van der Waals surface area contributed by atoms with Gasteiger partial charge >= 0.3 is 0 Å². The van der Waals surface area contributed by atoms with Gasteiger partial charge in [-0.3, -0.25) is 0 Å². The van der Waals surface area contributed by atoms with Crippen LogP contribution in [0.3, 0.4) is 0 Å². The van der Waals surface area contributed by atoms with Gasteiger partial charge in [0.05, 0.1) is 6.61 Å². The Kier molecular flexibility index (Phi) is 6.69. The molecule has 0 radical (unpaired) electrons. The van der Waals surface area contributed by atoms with Gasteiger partial charge in [-0.15, -0.1) is 0 Å². The zero-order valence-corrected chi connectivity index (χ0v) is 14.2. The highest BCUT2D eigenvalue weighted by atomic mass is 16.5. The maximum Gasteiger partial charge on any atom is 0.126 e. The van der Waals surface area contributed by atoms with E-state index in [9.17, 15) is 5.11 Å². The van der Waals surface area contributed by atoms with Crippen LogP contribution in [0.5, 0.6) is 5.75 Å². The minimum absolute atomic E-state index is 0.0511. The van der Waals surface area contributed by atoms with Crippen molar-refractivity contribution in [3.05, 3.63) is 28.8 Å². The van der Waals surface area contributed by atoms with Gasteiger partial charge < -0.3 is 15.6 Å². The highest BCUT2D eigenvalue weighted by Crippen LogP contribution is 2.36. The van der Waals surface area contributed by atoms with Gasteiger partial charge in [-0.1, -0.05) is 38.5 Å². The van der Waals surface area contributed by atoms with E-state index in [4.69, 9.17) is 10.5 Å². The quantitative estimate of drug-likeness (QED) is 0.811. The molecule has 1 unspecified atom stereocenters. The van der Waals surface area contributed by atoms with E-state index in [1.165, 1.54) is 16.7 Å². The molecule has 0 aliphatic heterocycles. The number of aryl methyl sites for hydroxylation is 2. The Hall–Kier alpha value is -1.06. The maximum absolute atomic E-state index is 9.30. The Morgan fingerprint density at radius 2 is 1.95 bits per heavy atom. The topological polar surface area (TPSA) is 55.5 Å². The summed E-state index contributed by atoms with van der Waals surface area (Å²) in [5.41, 5.74) is 9.48. The van der Waals surface area contributed by atoms with Crippen molar-refractivity contribution in [3.63, 3.8) is 0 Å². The second-order valence-electron chi connectivity index (χ2n) is 6.81. The van der Waals surface area contributed by atoms with E-state index in [0.717, 1.165) is 18.6 Å². The first-order valence-electron chi connectivity index (χ1n) is 7.91. The van der Waals surface area contributed by atoms with Gasteiger partial charge in [-0.25, -0.2) is 0 Å². The predicted molar refractivity (Wildman–Crippen MR) is 89.0 cm³/mol. The zero-order chi connectivity index (χ0) is 16.0. The molecule has 0 saturated carbocycles. The molecular formula is C18H31NO2. The molecule has 0 bridgehead atoms. The molecule has 0 amide bonds. The third kappa shape index (κ3) is 5.01. The summed E-state index contributed by atoms with van der Waals surface area (Å²) in [4.78, 5) is 0. The first kappa shape index (κ1) is 18.0. The fraction of sp³-hybridized carbons (Fsp3) is 0.667. The van der Waals surface area contributed by atoms with Gasteiger partial charge in [0.2, 0.25) is 0 Å². The molecule has 0 fully saturated rings. The number of hydrogen-bond donors (Lipinski definition) is 2. The number of rotatable bonds is 7. The molecule has 3 N–H and O–H groups in total. The molecule has 1 rings (SSSR count). The molecule has 1 aromatic rings. The fourth-order valence-electron chi connectivity index (χ4n) is 2.55. The first-order chi connectivity index (χ1) is 9.83. The molecule has 0 heterocycles. The Morgan fingerprint density at radius 1 is 1.29 bits per heavy atom. The smallest absolute Gasteiger partial charge is 0.126 e. The normalized spacial score (nSPS) is 13.3. The van der Waals surface area contributed by atoms with Crippen molar-refractivity contribution in [3.8, 4) is 5.75 Å². The summed E-state index contributed by atoms with van der Waals surface area (Å²) in [6.07, 6.45) is 1.78. The summed E-state index contributed by atoms with van der Waals surface area (Å²) in [6.45, 7) is 12.1. The molecule has 3 nitrogen and oxygen atoms in total. The number of aliphatic hydroxyl groups excluding tert-OH is 1. The second kappa shape index (κ2) is 7.81. The van der Waals surface area contributed by atoms with Crippen molar-refractivity contribution >= 4 is 0 Å². The molecule has 0 aromatic heterocycles. The molecule has 120 valence electrons. The van der Waals surface area contributed by atoms with Crippen molar-refractivity contribution in [1.29, 1.82) is 0 Å². The van der Waals surface area contributed by atoms with Crippen LogP contribution in [0.15, 0.2) is 12.1 Å². The summed E-state index contributed by atoms with van der Waals surface area (Å²) in [5, 5.41) is 9.30. The minimum atomic E-state index is 0.0511. The summed E-state index contributed by atoms with van der Waals surface area (Å²) < 4.78 is 5.96. The monoisotopic (exact) mass is 293 g/mol. The van der Waals surface area contributed by atoms with Crippen molar-refractivity contribution in [1.82, 2.24) is 0 Å². The van der Waals surface area contributed by atoms with Crippen molar-refractivity contribution in [2.75, 3.05) is 19.8 Å². The Labute approximate surface area is 129 Å². The lowest BCUT2D eigenvalue weighted by Gasteiger charge is -2.26. The van der Waals surface area contributed by atoms with E-state index in [0.29, 0.717) is 13.2 Å². The molecule has 0 spiro atoms. The van der Waals surface area contributed by atoms with Gasteiger partial charge in [0.15, 0.2) is 0 Å². The molecular weight excluding hydrogens is 262 g/mol. The first-order valence-corrected chi connectivity index (χ1v) is 7.91. The fourth-order valence-corrected chi connectivity index (χ4v) is 2.55. The standard InChI is InChI=1S/C18H31NO2/c1-6-21-17-15(8-7-14(11-19)12-20)9-13(2)10-16(17)18(3,4)5/h9-10,14,20H,6-8,11-12,19H2,1-5H3. The Balaban J connectivity index is 3.14. The lowest BCUT2D eigenvalue weighted by atomic mass is 9.83. The number of benzene rings is 1. The Bertz CT molecular complexity index is 445. The van der Waals surface area contributed by atoms with Crippen LogP contribution >= 0.6 is 0 Å². The molecule has 1 aromatic carbocycles. The molecule has 0 aliphatic rings. The van der Waals surface area contributed by atoms with Crippen LogP contribution in [0, 0.1) is 12.8 Å². The summed E-state index contributed by atoms with van der Waals surface area (Å²) in [5.74, 6) is 1.18. The van der Waals surface area contributed by atoms with Crippen molar-refractivity contribution in [2.24, 2.45) is 11.7 Å². The average molecular weight is 293 g/mol. The molecule has 1 atom stereocenters. The third-order valence-corrected chi connectivity index (χ3v) is 3.82. The summed E-state index contributed by atoms with van der Waals surface area (Å²) in [7, 11) is 0. The Morgan fingerprint density at radius 3 is 2.43 bits per heavy atom. The SMILES string of the molecule is CCOc1c(CCC(CN)CO)cc(C)cc1C(C)(C)C.